The monoisotopic (exact) mass is 497 g/mol. The maximum atomic E-state index is 12.9. The molecule has 2 aromatic rings. The van der Waals surface area contributed by atoms with Crippen LogP contribution in [0.4, 0.5) is 5.69 Å². The number of aliphatic hydroxyl groups excluding tert-OH is 2. The summed E-state index contributed by atoms with van der Waals surface area (Å²) < 4.78 is 46.9. The van der Waals surface area contributed by atoms with E-state index in [1.165, 1.54) is 19.2 Å². The number of esters is 1. The number of ether oxygens (including phenoxy) is 3. The molecule has 0 radical (unpaired) electrons. The molecule has 13 heteroatoms. The third-order valence-corrected chi connectivity index (χ3v) is 6.46. The second-order valence-corrected chi connectivity index (χ2v) is 9.03. The highest BCUT2D eigenvalue weighted by molar-refractivity contribution is 7.86. The lowest BCUT2D eigenvalue weighted by Gasteiger charge is -2.42. The van der Waals surface area contributed by atoms with Crippen molar-refractivity contribution in [2.45, 2.75) is 42.5 Å². The lowest BCUT2D eigenvalue weighted by Crippen LogP contribution is -2.61. The van der Waals surface area contributed by atoms with Crippen LogP contribution in [-0.4, -0.2) is 73.9 Å². The van der Waals surface area contributed by atoms with Gasteiger partial charge in [0.25, 0.3) is 15.8 Å². The average molecular weight is 497 g/mol. The zero-order valence-electron chi connectivity index (χ0n) is 18.1. The Balaban J connectivity index is 1.91. The largest absolute Gasteiger partial charge is 0.453 e. The van der Waals surface area contributed by atoms with Crippen molar-refractivity contribution in [3.05, 3.63) is 69.8 Å². The number of aliphatic hydroxyl groups is 2. The standard InChI is InChI=1S/C21H23NO11S/c1-12-3-9-15(10-4-12)34(28,29)33-19-18(17(24)16(11-23)31-21(19)30-2)32-20(25)13-5-7-14(8-6-13)22(26)27/h3-10,16-19,21,23-24H,11H2,1-2H3. The fourth-order valence-corrected chi connectivity index (χ4v) is 4.36. The summed E-state index contributed by atoms with van der Waals surface area (Å²) in [5.41, 5.74) is 0.456. The highest BCUT2D eigenvalue weighted by Crippen LogP contribution is 2.30. The van der Waals surface area contributed by atoms with Crippen molar-refractivity contribution >= 4 is 21.8 Å². The molecule has 184 valence electrons. The van der Waals surface area contributed by atoms with E-state index in [-0.39, 0.29) is 16.1 Å². The number of rotatable bonds is 8. The van der Waals surface area contributed by atoms with Gasteiger partial charge in [0, 0.05) is 19.2 Å². The van der Waals surface area contributed by atoms with E-state index >= 15 is 0 Å². The summed E-state index contributed by atoms with van der Waals surface area (Å²) in [4.78, 5) is 22.7. The number of carbonyl (C=O) groups is 1. The summed E-state index contributed by atoms with van der Waals surface area (Å²) >= 11 is 0. The Kier molecular flexibility index (Phi) is 7.97. The summed E-state index contributed by atoms with van der Waals surface area (Å²) in [6.07, 6.45) is -7.68. The van der Waals surface area contributed by atoms with Gasteiger partial charge in [-0.3, -0.25) is 14.3 Å². The van der Waals surface area contributed by atoms with Crippen LogP contribution >= 0.6 is 0 Å². The van der Waals surface area contributed by atoms with Crippen molar-refractivity contribution in [2.75, 3.05) is 13.7 Å². The molecule has 0 spiro atoms. The number of aryl methyl sites for hydroxylation is 1. The van der Waals surface area contributed by atoms with Crippen LogP contribution < -0.4 is 0 Å². The number of non-ortho nitro benzene ring substituents is 1. The smallest absolute Gasteiger partial charge is 0.338 e. The van der Waals surface area contributed by atoms with E-state index in [0.29, 0.717) is 0 Å². The second-order valence-electron chi connectivity index (χ2n) is 7.45. The van der Waals surface area contributed by atoms with Crippen LogP contribution in [0.25, 0.3) is 0 Å². The van der Waals surface area contributed by atoms with Crippen LogP contribution in [0.5, 0.6) is 0 Å². The van der Waals surface area contributed by atoms with Gasteiger partial charge in [-0.15, -0.1) is 0 Å². The molecule has 5 unspecified atom stereocenters. The Morgan fingerprint density at radius 3 is 2.26 bits per heavy atom. The molecule has 0 bridgehead atoms. The maximum absolute atomic E-state index is 12.9. The van der Waals surface area contributed by atoms with E-state index in [1.807, 2.05) is 0 Å². The van der Waals surface area contributed by atoms with Gasteiger partial charge in [0.15, 0.2) is 18.5 Å². The predicted octanol–water partition coefficient (Wildman–Crippen LogP) is 0.927. The maximum Gasteiger partial charge on any atom is 0.338 e. The quantitative estimate of drug-likeness (QED) is 0.230. The first kappa shape index (κ1) is 25.7. The Morgan fingerprint density at radius 1 is 1.12 bits per heavy atom. The Hall–Kier alpha value is -2.94. The number of hydrogen-bond acceptors (Lipinski definition) is 11. The molecule has 3 rings (SSSR count). The molecular formula is C21H23NO11S. The number of nitro groups is 1. The van der Waals surface area contributed by atoms with Crippen LogP contribution in [-0.2, 0) is 28.5 Å². The molecule has 0 saturated carbocycles. The van der Waals surface area contributed by atoms with Gasteiger partial charge >= 0.3 is 5.97 Å². The van der Waals surface area contributed by atoms with Gasteiger partial charge in [0.05, 0.1) is 22.0 Å². The molecule has 1 aliphatic heterocycles. The van der Waals surface area contributed by atoms with Crippen LogP contribution in [0.2, 0.25) is 0 Å². The van der Waals surface area contributed by atoms with Crippen molar-refractivity contribution in [2.24, 2.45) is 0 Å². The second kappa shape index (κ2) is 10.5. The third kappa shape index (κ3) is 5.58. The average Bonchev–Trinajstić information content (AvgIpc) is 2.81. The van der Waals surface area contributed by atoms with E-state index in [2.05, 4.69) is 0 Å². The highest BCUT2D eigenvalue weighted by Gasteiger charge is 2.50. The number of benzene rings is 2. The minimum Gasteiger partial charge on any atom is -0.453 e. The Morgan fingerprint density at radius 2 is 1.74 bits per heavy atom. The molecule has 12 nitrogen and oxygen atoms in total. The molecule has 1 heterocycles. The zero-order valence-corrected chi connectivity index (χ0v) is 19.0. The van der Waals surface area contributed by atoms with Crippen molar-refractivity contribution in [1.82, 2.24) is 0 Å². The van der Waals surface area contributed by atoms with Crippen LogP contribution in [0.15, 0.2) is 53.4 Å². The van der Waals surface area contributed by atoms with E-state index < -0.39 is 58.3 Å². The van der Waals surface area contributed by atoms with Crippen LogP contribution in [0.1, 0.15) is 15.9 Å². The van der Waals surface area contributed by atoms with E-state index in [4.69, 9.17) is 18.4 Å². The van der Waals surface area contributed by atoms with Crippen molar-refractivity contribution in [1.29, 1.82) is 0 Å². The fraction of sp³-hybridized carbons (Fsp3) is 0.381. The summed E-state index contributed by atoms with van der Waals surface area (Å²) in [7, 11) is -3.23. The molecular weight excluding hydrogens is 474 g/mol. The zero-order chi connectivity index (χ0) is 25.0. The lowest BCUT2D eigenvalue weighted by atomic mass is 9.99. The Labute approximate surface area is 194 Å². The van der Waals surface area contributed by atoms with Crippen molar-refractivity contribution in [3.8, 4) is 0 Å². The summed E-state index contributed by atoms with van der Waals surface area (Å²) in [6, 6.07) is 10.2. The minimum absolute atomic E-state index is 0.0982. The SMILES string of the molecule is COC1OC(CO)C(O)C(OC(=O)c2ccc([N+](=O)[O-])cc2)C1OS(=O)(=O)c1ccc(C)cc1. The number of hydrogen-bond donors (Lipinski definition) is 2. The van der Waals surface area contributed by atoms with Gasteiger partial charge in [0.2, 0.25) is 0 Å². The molecule has 2 N–H and O–H groups in total. The molecule has 34 heavy (non-hydrogen) atoms. The summed E-state index contributed by atoms with van der Waals surface area (Å²) in [5.74, 6) is -1.02. The minimum atomic E-state index is -4.42. The van der Waals surface area contributed by atoms with Crippen LogP contribution in [0.3, 0.4) is 0 Å². The number of methoxy groups -OCH3 is 1. The molecule has 2 aromatic carbocycles. The van der Waals surface area contributed by atoms with E-state index in [0.717, 1.165) is 29.8 Å². The molecule has 5 atom stereocenters. The van der Waals surface area contributed by atoms with Gasteiger partial charge in [-0.2, -0.15) is 8.42 Å². The first-order valence-corrected chi connectivity index (χ1v) is 11.4. The molecule has 1 saturated heterocycles. The lowest BCUT2D eigenvalue weighted by molar-refractivity contribution is -0.384. The molecule has 1 fully saturated rings. The van der Waals surface area contributed by atoms with Gasteiger partial charge < -0.3 is 24.4 Å². The van der Waals surface area contributed by atoms with Crippen LogP contribution in [0, 0.1) is 17.0 Å². The number of nitro benzene ring substituents is 1. The molecule has 0 aliphatic carbocycles. The van der Waals surface area contributed by atoms with Gasteiger partial charge in [0.1, 0.15) is 12.2 Å². The fourth-order valence-electron chi connectivity index (χ4n) is 3.29. The van der Waals surface area contributed by atoms with Gasteiger partial charge in [-0.1, -0.05) is 17.7 Å². The first-order valence-electron chi connectivity index (χ1n) is 10.00. The van der Waals surface area contributed by atoms with Gasteiger partial charge in [-0.25, -0.2) is 4.79 Å². The normalized spacial score (nSPS) is 25.0. The number of carbonyl (C=O) groups excluding carboxylic acids is 1. The number of nitrogens with zero attached hydrogens (tertiary/aromatic N) is 1. The van der Waals surface area contributed by atoms with Crippen molar-refractivity contribution in [3.63, 3.8) is 0 Å². The Bertz CT molecular complexity index is 1120. The highest BCUT2D eigenvalue weighted by atomic mass is 32.2. The summed E-state index contributed by atoms with van der Waals surface area (Å²) in [6.45, 7) is 1.08. The molecule has 0 aromatic heterocycles. The molecule has 1 aliphatic rings. The third-order valence-electron chi connectivity index (χ3n) is 5.14. The first-order chi connectivity index (χ1) is 16.1. The predicted molar refractivity (Wildman–Crippen MR) is 114 cm³/mol. The molecule has 0 amide bonds. The topological polar surface area (TPSA) is 172 Å². The van der Waals surface area contributed by atoms with Gasteiger partial charge in [-0.05, 0) is 31.2 Å². The van der Waals surface area contributed by atoms with E-state index in [1.54, 1.807) is 19.1 Å². The summed E-state index contributed by atoms with van der Waals surface area (Å²) in [5, 5.41) is 31.0. The van der Waals surface area contributed by atoms with E-state index in [9.17, 15) is 33.5 Å². The van der Waals surface area contributed by atoms with Crippen molar-refractivity contribution < 1.29 is 46.7 Å².